The van der Waals surface area contributed by atoms with Gasteiger partial charge in [-0.05, 0) is 12.1 Å². The van der Waals surface area contributed by atoms with E-state index in [2.05, 4.69) is 0 Å². The zero-order valence-electron chi connectivity index (χ0n) is 11.3. The summed E-state index contributed by atoms with van der Waals surface area (Å²) in [4.78, 5) is 25.8. The Balaban J connectivity index is 1.86. The number of carbonyl (C=O) groups is 2. The molecule has 0 saturated carbocycles. The third-order valence-corrected chi connectivity index (χ3v) is 5.68. The first-order valence-electron chi connectivity index (χ1n) is 6.57. The minimum atomic E-state index is -0.922. The molecule has 21 heavy (non-hydrogen) atoms. The Bertz CT molecular complexity index is 527. The van der Waals surface area contributed by atoms with Gasteiger partial charge in [0.05, 0.1) is 5.02 Å². The van der Waals surface area contributed by atoms with E-state index >= 15 is 0 Å². The van der Waals surface area contributed by atoms with Gasteiger partial charge in [0.25, 0.3) is 0 Å². The number of rotatable bonds is 5. The van der Waals surface area contributed by atoms with Crippen LogP contribution >= 0.6 is 35.1 Å². The van der Waals surface area contributed by atoms with Gasteiger partial charge in [0.2, 0.25) is 5.91 Å². The van der Waals surface area contributed by atoms with Gasteiger partial charge in [0, 0.05) is 35.1 Å². The summed E-state index contributed by atoms with van der Waals surface area (Å²) in [7, 11) is 0. The number of thioether (sulfide) groups is 2. The van der Waals surface area contributed by atoms with E-state index in [1.807, 2.05) is 24.3 Å². The highest BCUT2D eigenvalue weighted by Gasteiger charge is 2.31. The van der Waals surface area contributed by atoms with Gasteiger partial charge in [-0.2, -0.15) is 11.8 Å². The third kappa shape index (κ3) is 4.56. The molecule has 4 nitrogen and oxygen atoms in total. The quantitative estimate of drug-likeness (QED) is 0.831. The van der Waals surface area contributed by atoms with Crippen LogP contribution in [-0.2, 0) is 9.59 Å². The van der Waals surface area contributed by atoms with E-state index in [4.69, 9.17) is 16.7 Å². The molecule has 114 valence electrons. The lowest BCUT2D eigenvalue weighted by atomic mass is 10.2. The summed E-state index contributed by atoms with van der Waals surface area (Å²) in [6.45, 7) is 0.511. The molecule has 1 aromatic rings. The molecular weight excluding hydrogens is 330 g/mol. The maximum atomic E-state index is 12.2. The molecule has 0 bridgehead atoms. The van der Waals surface area contributed by atoms with Crippen molar-refractivity contribution in [3.63, 3.8) is 0 Å². The first kappa shape index (κ1) is 16.5. The lowest BCUT2D eigenvalue weighted by Crippen LogP contribution is -2.50. The zero-order chi connectivity index (χ0) is 15.2. The fourth-order valence-corrected chi connectivity index (χ4v) is 4.28. The number of nitrogens with zero attached hydrogens (tertiary/aromatic N) is 1. The summed E-state index contributed by atoms with van der Waals surface area (Å²) < 4.78 is 0. The molecule has 1 aliphatic heterocycles. The van der Waals surface area contributed by atoms with Crippen molar-refractivity contribution in [2.45, 2.75) is 17.4 Å². The molecule has 1 aromatic carbocycles. The smallest absolute Gasteiger partial charge is 0.327 e. The lowest BCUT2D eigenvalue weighted by molar-refractivity contribution is -0.149. The molecule has 1 amide bonds. The van der Waals surface area contributed by atoms with Crippen LogP contribution in [0.5, 0.6) is 0 Å². The maximum absolute atomic E-state index is 12.2. The maximum Gasteiger partial charge on any atom is 0.327 e. The molecule has 1 N–H and O–H groups in total. The molecule has 1 unspecified atom stereocenters. The second-order valence-electron chi connectivity index (χ2n) is 4.54. The Hall–Kier alpha value is -0.850. The van der Waals surface area contributed by atoms with Crippen LogP contribution in [-0.4, -0.2) is 51.7 Å². The number of carboxylic acid groups (broad SMARTS) is 1. The van der Waals surface area contributed by atoms with Crippen molar-refractivity contribution in [3.05, 3.63) is 29.3 Å². The van der Waals surface area contributed by atoms with Crippen molar-refractivity contribution in [3.8, 4) is 0 Å². The highest BCUT2D eigenvalue weighted by Crippen LogP contribution is 2.27. The van der Waals surface area contributed by atoms with Crippen LogP contribution in [0.15, 0.2) is 29.2 Å². The predicted molar refractivity (Wildman–Crippen MR) is 87.3 cm³/mol. The number of hydrogen-bond donors (Lipinski definition) is 1. The molecule has 1 saturated heterocycles. The van der Waals surface area contributed by atoms with Crippen LogP contribution in [0.3, 0.4) is 0 Å². The van der Waals surface area contributed by atoms with Gasteiger partial charge in [-0.3, -0.25) is 4.79 Å². The van der Waals surface area contributed by atoms with Crippen molar-refractivity contribution >= 4 is 47.0 Å². The second kappa shape index (κ2) is 7.96. The molecule has 0 spiro atoms. The SMILES string of the molecule is O=C(O)C1CSCCN1C(=O)CCSc1ccccc1Cl. The van der Waals surface area contributed by atoms with E-state index in [0.717, 1.165) is 10.6 Å². The van der Waals surface area contributed by atoms with Crippen molar-refractivity contribution < 1.29 is 14.7 Å². The highest BCUT2D eigenvalue weighted by molar-refractivity contribution is 7.99. The molecule has 2 rings (SSSR count). The van der Waals surface area contributed by atoms with Crippen LogP contribution < -0.4 is 0 Å². The van der Waals surface area contributed by atoms with E-state index in [-0.39, 0.29) is 5.91 Å². The van der Waals surface area contributed by atoms with Crippen molar-refractivity contribution in [1.82, 2.24) is 4.90 Å². The van der Waals surface area contributed by atoms with E-state index in [1.165, 1.54) is 16.7 Å². The van der Waals surface area contributed by atoms with Crippen LogP contribution in [0.4, 0.5) is 0 Å². The summed E-state index contributed by atoms with van der Waals surface area (Å²) in [5.74, 6) is 0.848. The molecule has 1 aliphatic rings. The Morgan fingerprint density at radius 3 is 2.90 bits per heavy atom. The van der Waals surface area contributed by atoms with Crippen LogP contribution in [0.2, 0.25) is 5.02 Å². The average molecular weight is 346 g/mol. The van der Waals surface area contributed by atoms with Gasteiger partial charge < -0.3 is 10.0 Å². The summed E-state index contributed by atoms with van der Waals surface area (Å²) in [6, 6.07) is 6.79. The number of carbonyl (C=O) groups excluding carboxylic acids is 1. The van der Waals surface area contributed by atoms with E-state index in [9.17, 15) is 9.59 Å². The molecule has 1 fully saturated rings. The number of carboxylic acids is 1. The minimum Gasteiger partial charge on any atom is -0.480 e. The van der Waals surface area contributed by atoms with Crippen molar-refractivity contribution in [2.24, 2.45) is 0 Å². The van der Waals surface area contributed by atoms with E-state index in [0.29, 0.717) is 29.5 Å². The summed E-state index contributed by atoms with van der Waals surface area (Å²) in [5.41, 5.74) is 0. The first-order chi connectivity index (χ1) is 10.1. The Morgan fingerprint density at radius 2 is 2.19 bits per heavy atom. The number of hydrogen-bond acceptors (Lipinski definition) is 4. The van der Waals surface area contributed by atoms with Gasteiger partial charge in [-0.1, -0.05) is 23.7 Å². The van der Waals surface area contributed by atoms with Gasteiger partial charge >= 0.3 is 5.97 Å². The second-order valence-corrected chi connectivity index (χ2v) is 7.24. The van der Waals surface area contributed by atoms with Gasteiger partial charge in [-0.25, -0.2) is 4.79 Å². The van der Waals surface area contributed by atoms with E-state index in [1.54, 1.807) is 11.8 Å². The van der Waals surface area contributed by atoms with Gasteiger partial charge in [0.15, 0.2) is 0 Å². The number of aliphatic carboxylic acids is 1. The largest absolute Gasteiger partial charge is 0.480 e. The van der Waals surface area contributed by atoms with Crippen molar-refractivity contribution in [1.29, 1.82) is 0 Å². The molecule has 1 atom stereocenters. The average Bonchev–Trinajstić information content (AvgIpc) is 2.49. The van der Waals surface area contributed by atoms with E-state index < -0.39 is 12.0 Å². The highest BCUT2D eigenvalue weighted by atomic mass is 35.5. The van der Waals surface area contributed by atoms with Crippen LogP contribution in [0.25, 0.3) is 0 Å². The molecule has 7 heteroatoms. The standard InChI is InChI=1S/C14H16ClNO3S2/c15-10-3-1-2-4-12(10)21-7-5-13(17)16-6-8-20-9-11(16)14(18)19/h1-4,11H,5-9H2,(H,18,19). The third-order valence-electron chi connectivity index (χ3n) is 3.14. The Labute approximate surface area is 137 Å². The Kier molecular flexibility index (Phi) is 6.26. The lowest BCUT2D eigenvalue weighted by Gasteiger charge is -2.32. The fraction of sp³-hybridized carbons (Fsp3) is 0.429. The number of halogens is 1. The molecule has 0 aliphatic carbocycles. The first-order valence-corrected chi connectivity index (χ1v) is 9.09. The molecule has 1 heterocycles. The topological polar surface area (TPSA) is 57.6 Å². The van der Waals surface area contributed by atoms with Crippen molar-refractivity contribution in [2.75, 3.05) is 23.8 Å². The molecule has 0 radical (unpaired) electrons. The normalized spacial score (nSPS) is 18.5. The number of benzene rings is 1. The Morgan fingerprint density at radius 1 is 1.43 bits per heavy atom. The fourth-order valence-electron chi connectivity index (χ4n) is 2.06. The zero-order valence-corrected chi connectivity index (χ0v) is 13.7. The summed E-state index contributed by atoms with van der Waals surface area (Å²) in [6.07, 6.45) is 0.324. The monoisotopic (exact) mass is 345 g/mol. The van der Waals surface area contributed by atoms with Crippen LogP contribution in [0, 0.1) is 0 Å². The van der Waals surface area contributed by atoms with Gasteiger partial charge in [-0.15, -0.1) is 11.8 Å². The number of amides is 1. The summed E-state index contributed by atoms with van der Waals surface area (Å²) in [5, 5.41) is 9.84. The predicted octanol–water partition coefficient (Wildman–Crippen LogP) is 2.85. The summed E-state index contributed by atoms with van der Waals surface area (Å²) >= 11 is 9.15. The van der Waals surface area contributed by atoms with Crippen LogP contribution in [0.1, 0.15) is 6.42 Å². The molecular formula is C14H16ClNO3S2. The van der Waals surface area contributed by atoms with Gasteiger partial charge in [0.1, 0.15) is 6.04 Å². The minimum absolute atomic E-state index is 0.0951. The molecule has 0 aromatic heterocycles.